The van der Waals surface area contributed by atoms with Gasteiger partial charge in [-0.3, -0.25) is 4.68 Å². The molecule has 4 heterocycles. The second-order valence-corrected chi connectivity index (χ2v) is 13.4. The molecule has 1 saturated heterocycles. The molecule has 1 aliphatic rings. The molecule has 4 aromatic carbocycles. The number of hydrogen-bond acceptors (Lipinski definition) is 4. The van der Waals surface area contributed by atoms with Crippen LogP contribution in [0.5, 0.6) is 11.5 Å². The first-order valence-corrected chi connectivity index (χ1v) is 16.9. The maximum atomic E-state index is 6.41. The number of para-hydroxylation sites is 1. The molecule has 0 radical (unpaired) electrons. The number of ether oxygens (including phenoxy) is 1. The van der Waals surface area contributed by atoms with Gasteiger partial charge in [0, 0.05) is 53.7 Å². The Labute approximate surface area is 302 Å². The SMILES string of the molecule is Cc1cc(N2CCCC2)cc(C)c1-c1cnn(-c2[c-]c(Oc3[c-]c4c(cc3)c3ccccc3n4-c3cc(CC(C)C)ccn3)ccc2)c1.[Pt+2]. The standard InChI is InChI=1S/C42H39N5O.Pt/c1-28(2)20-31-16-17-43-41(23-31)47-39-13-6-5-12-37(39)38-15-14-36(25-40(38)47)48-35-11-9-10-33(24-35)46-27-32(26-44-46)42-29(3)21-34(22-30(42)4)45-18-7-8-19-45;/h5-6,9-17,21-23,26-28H,7-8,18-20H2,1-4H3;/q-2;+2. The number of hydrogen-bond donors (Lipinski definition) is 0. The summed E-state index contributed by atoms with van der Waals surface area (Å²) in [5, 5.41) is 6.99. The molecule has 0 unspecified atom stereocenters. The summed E-state index contributed by atoms with van der Waals surface area (Å²) in [4.78, 5) is 7.28. The third kappa shape index (κ3) is 6.42. The van der Waals surface area contributed by atoms with Crippen LogP contribution in [0.15, 0.2) is 97.5 Å². The summed E-state index contributed by atoms with van der Waals surface area (Å²) in [6.07, 6.45) is 9.47. The fourth-order valence-electron chi connectivity index (χ4n) is 7.24. The minimum Gasteiger partial charge on any atom is -0.509 e. The number of anilines is 1. The van der Waals surface area contributed by atoms with Crippen molar-refractivity contribution in [3.8, 4) is 34.1 Å². The maximum Gasteiger partial charge on any atom is 2.00 e. The largest absolute Gasteiger partial charge is 2.00 e. The van der Waals surface area contributed by atoms with Crippen molar-refractivity contribution in [2.24, 2.45) is 5.92 Å². The van der Waals surface area contributed by atoms with Gasteiger partial charge >= 0.3 is 21.1 Å². The minimum absolute atomic E-state index is 0. The summed E-state index contributed by atoms with van der Waals surface area (Å²) in [7, 11) is 0. The number of fused-ring (bicyclic) bond motifs is 3. The molecule has 0 spiro atoms. The molecule has 0 bridgehead atoms. The minimum atomic E-state index is 0. The Morgan fingerprint density at radius 2 is 1.61 bits per heavy atom. The Hall–Kier alpha value is -4.67. The van der Waals surface area contributed by atoms with Gasteiger partial charge in [0.05, 0.1) is 6.20 Å². The van der Waals surface area contributed by atoms with Gasteiger partial charge in [0.1, 0.15) is 5.82 Å². The number of pyridine rings is 1. The topological polar surface area (TPSA) is 48.1 Å². The molecule has 0 aliphatic carbocycles. The first-order valence-electron chi connectivity index (χ1n) is 16.9. The van der Waals surface area contributed by atoms with E-state index in [9.17, 15) is 0 Å². The first-order chi connectivity index (χ1) is 23.4. The second-order valence-electron chi connectivity index (χ2n) is 13.4. The van der Waals surface area contributed by atoms with Gasteiger partial charge in [0.2, 0.25) is 0 Å². The Morgan fingerprint density at radius 1 is 0.837 bits per heavy atom. The van der Waals surface area contributed by atoms with Gasteiger partial charge in [0.25, 0.3) is 0 Å². The monoisotopic (exact) mass is 824 g/mol. The molecule has 49 heavy (non-hydrogen) atoms. The summed E-state index contributed by atoms with van der Waals surface area (Å²) in [6.45, 7) is 11.2. The summed E-state index contributed by atoms with van der Waals surface area (Å²) in [5.74, 6) is 2.66. The van der Waals surface area contributed by atoms with Crippen LogP contribution in [0.2, 0.25) is 0 Å². The predicted molar refractivity (Wildman–Crippen MR) is 195 cm³/mol. The summed E-state index contributed by atoms with van der Waals surface area (Å²) < 4.78 is 10.5. The molecule has 8 rings (SSSR count). The normalized spacial score (nSPS) is 13.0. The molecule has 0 amide bonds. The Bertz CT molecular complexity index is 2250. The van der Waals surface area contributed by atoms with E-state index in [-0.39, 0.29) is 21.1 Å². The molecule has 7 heteroatoms. The molecular formula is C42H39N5OPt. The van der Waals surface area contributed by atoms with Crippen LogP contribution >= 0.6 is 0 Å². The van der Waals surface area contributed by atoms with Crippen molar-refractivity contribution < 1.29 is 25.8 Å². The van der Waals surface area contributed by atoms with E-state index in [0.29, 0.717) is 17.4 Å². The van der Waals surface area contributed by atoms with Gasteiger partial charge < -0.3 is 14.2 Å². The Balaban J connectivity index is 0.00000378. The van der Waals surface area contributed by atoms with Crippen LogP contribution in [0.3, 0.4) is 0 Å². The van der Waals surface area contributed by atoms with Crippen LogP contribution in [-0.2, 0) is 27.5 Å². The van der Waals surface area contributed by atoms with E-state index in [1.807, 2.05) is 41.3 Å². The molecule has 3 aromatic heterocycles. The second kappa shape index (κ2) is 13.7. The van der Waals surface area contributed by atoms with Crippen molar-refractivity contribution in [3.05, 3.63) is 126 Å². The van der Waals surface area contributed by atoms with Crippen molar-refractivity contribution in [2.75, 3.05) is 18.0 Å². The zero-order valence-electron chi connectivity index (χ0n) is 28.3. The van der Waals surface area contributed by atoms with Crippen molar-refractivity contribution >= 4 is 27.5 Å². The van der Waals surface area contributed by atoms with E-state index in [0.717, 1.165) is 58.4 Å². The van der Waals surface area contributed by atoms with E-state index in [1.54, 1.807) is 0 Å². The molecule has 248 valence electrons. The fourth-order valence-corrected chi connectivity index (χ4v) is 7.24. The maximum absolute atomic E-state index is 6.41. The fraction of sp³-hybridized carbons (Fsp3) is 0.238. The van der Waals surface area contributed by atoms with Crippen molar-refractivity contribution in [2.45, 2.75) is 47.0 Å². The van der Waals surface area contributed by atoms with Crippen LogP contribution in [0.1, 0.15) is 43.4 Å². The van der Waals surface area contributed by atoms with Gasteiger partial charge in [-0.1, -0.05) is 37.6 Å². The Morgan fingerprint density at radius 3 is 2.41 bits per heavy atom. The quantitative estimate of drug-likeness (QED) is 0.143. The number of aryl methyl sites for hydroxylation is 2. The van der Waals surface area contributed by atoms with E-state index >= 15 is 0 Å². The van der Waals surface area contributed by atoms with Crippen molar-refractivity contribution in [3.63, 3.8) is 0 Å². The van der Waals surface area contributed by atoms with Gasteiger partial charge in [-0.05, 0) is 103 Å². The van der Waals surface area contributed by atoms with Crippen LogP contribution < -0.4 is 9.64 Å². The van der Waals surface area contributed by atoms with E-state index < -0.39 is 0 Å². The molecule has 0 atom stereocenters. The van der Waals surface area contributed by atoms with E-state index in [4.69, 9.17) is 14.8 Å². The van der Waals surface area contributed by atoms with E-state index in [2.05, 4.69) is 110 Å². The third-order valence-corrected chi connectivity index (χ3v) is 9.32. The van der Waals surface area contributed by atoms with Gasteiger partial charge in [-0.2, -0.15) is 17.2 Å². The van der Waals surface area contributed by atoms with E-state index in [1.165, 1.54) is 40.8 Å². The molecule has 0 saturated carbocycles. The van der Waals surface area contributed by atoms with Crippen LogP contribution in [0, 0.1) is 31.9 Å². The molecule has 1 fully saturated rings. The molecular weight excluding hydrogens is 786 g/mol. The summed E-state index contributed by atoms with van der Waals surface area (Å²) in [6, 6.07) is 34.4. The Kier molecular flexibility index (Phi) is 9.17. The number of benzene rings is 4. The van der Waals surface area contributed by atoms with Crippen LogP contribution in [-0.4, -0.2) is 32.4 Å². The molecule has 7 aromatic rings. The molecule has 0 N–H and O–H groups in total. The van der Waals surface area contributed by atoms with Crippen molar-refractivity contribution in [1.29, 1.82) is 0 Å². The number of rotatable bonds is 8. The third-order valence-electron chi connectivity index (χ3n) is 9.32. The van der Waals surface area contributed by atoms with Gasteiger partial charge in [-0.15, -0.1) is 35.7 Å². The predicted octanol–water partition coefficient (Wildman–Crippen LogP) is 9.84. The van der Waals surface area contributed by atoms with Crippen LogP contribution in [0.25, 0.3) is 44.4 Å². The average Bonchev–Trinajstić information content (AvgIpc) is 3.84. The number of aromatic nitrogens is 4. The zero-order valence-corrected chi connectivity index (χ0v) is 30.6. The van der Waals surface area contributed by atoms with Crippen LogP contribution in [0.4, 0.5) is 5.69 Å². The molecule has 1 aliphatic heterocycles. The smallest absolute Gasteiger partial charge is 0.509 e. The summed E-state index contributed by atoms with van der Waals surface area (Å²) >= 11 is 0. The van der Waals surface area contributed by atoms with Gasteiger partial charge in [-0.25, -0.2) is 4.98 Å². The zero-order chi connectivity index (χ0) is 32.8. The molecule has 6 nitrogen and oxygen atoms in total. The number of nitrogens with zero attached hydrogens (tertiary/aromatic N) is 5. The average molecular weight is 825 g/mol. The van der Waals surface area contributed by atoms with Gasteiger partial charge in [0.15, 0.2) is 0 Å². The summed E-state index contributed by atoms with van der Waals surface area (Å²) in [5.41, 5.74) is 10.3. The van der Waals surface area contributed by atoms with Crippen molar-refractivity contribution in [1.82, 2.24) is 19.3 Å². The first kappa shape index (κ1) is 32.9.